The monoisotopic (exact) mass is 577 g/mol. The summed E-state index contributed by atoms with van der Waals surface area (Å²) in [5, 5.41) is 5.13. The Labute approximate surface area is 262 Å². The second-order valence-electron chi connectivity index (χ2n) is 12.3. The van der Waals surface area contributed by atoms with Crippen molar-refractivity contribution in [1.29, 1.82) is 0 Å². The highest BCUT2D eigenvalue weighted by atomic mass is 15.1. The Bertz CT molecular complexity index is 2380. The molecule has 0 saturated carbocycles. The van der Waals surface area contributed by atoms with E-state index in [0.29, 0.717) is 0 Å². The summed E-state index contributed by atoms with van der Waals surface area (Å²) >= 11 is 0. The molecule has 45 heavy (non-hydrogen) atoms. The van der Waals surface area contributed by atoms with E-state index in [9.17, 15) is 0 Å². The molecule has 0 N–H and O–H groups in total. The molecule has 3 nitrogen and oxygen atoms in total. The first kappa shape index (κ1) is 25.8. The number of rotatable bonds is 4. The fourth-order valence-corrected chi connectivity index (χ4v) is 7.50. The van der Waals surface area contributed by atoms with Crippen molar-refractivity contribution in [2.45, 2.75) is 18.9 Å². The molecule has 0 fully saturated rings. The normalized spacial score (nSPS) is 16.6. The smallest absolute Gasteiger partial charge is 0.0649 e. The summed E-state index contributed by atoms with van der Waals surface area (Å²) in [5.41, 5.74) is 10.6. The third-order valence-corrected chi connectivity index (χ3v) is 9.52. The fourth-order valence-electron chi connectivity index (χ4n) is 7.50. The van der Waals surface area contributed by atoms with Gasteiger partial charge < -0.3 is 9.13 Å². The Kier molecular flexibility index (Phi) is 5.69. The highest BCUT2D eigenvalue weighted by molar-refractivity contribution is 6.10. The molecule has 3 heteroatoms. The van der Waals surface area contributed by atoms with Crippen molar-refractivity contribution in [3.05, 3.63) is 164 Å². The first-order valence-electron chi connectivity index (χ1n) is 15.6. The van der Waals surface area contributed by atoms with Gasteiger partial charge in [0.1, 0.15) is 0 Å². The first-order chi connectivity index (χ1) is 22.2. The summed E-state index contributed by atoms with van der Waals surface area (Å²) < 4.78 is 4.89. The van der Waals surface area contributed by atoms with Crippen LogP contribution in [0.1, 0.15) is 18.9 Å². The van der Waals surface area contributed by atoms with Crippen molar-refractivity contribution < 1.29 is 0 Å². The van der Waals surface area contributed by atoms with Gasteiger partial charge in [-0.2, -0.15) is 0 Å². The number of fused-ring (bicyclic) bond motifs is 6. The van der Waals surface area contributed by atoms with E-state index >= 15 is 0 Å². The second kappa shape index (κ2) is 9.93. The zero-order valence-electron chi connectivity index (χ0n) is 25.1. The molecule has 0 saturated heterocycles. The van der Waals surface area contributed by atoms with Crippen LogP contribution in [0.2, 0.25) is 0 Å². The molecule has 1 unspecified atom stereocenters. The molecule has 214 valence electrons. The minimum atomic E-state index is -0.223. The lowest BCUT2D eigenvalue weighted by atomic mass is 9.84. The van der Waals surface area contributed by atoms with Gasteiger partial charge in [0.15, 0.2) is 0 Å². The van der Waals surface area contributed by atoms with Crippen LogP contribution in [0.3, 0.4) is 0 Å². The minimum absolute atomic E-state index is 0.223. The maximum atomic E-state index is 4.76. The van der Waals surface area contributed by atoms with E-state index in [0.717, 1.165) is 28.8 Å². The second-order valence-corrected chi connectivity index (χ2v) is 12.3. The van der Waals surface area contributed by atoms with E-state index in [-0.39, 0.29) is 5.54 Å². The van der Waals surface area contributed by atoms with Gasteiger partial charge in [-0.1, -0.05) is 103 Å². The van der Waals surface area contributed by atoms with Crippen LogP contribution in [0.4, 0.5) is 0 Å². The lowest BCUT2D eigenvalue weighted by Crippen LogP contribution is -2.29. The summed E-state index contributed by atoms with van der Waals surface area (Å²) in [6.45, 7) is 2.35. The topological polar surface area (TPSA) is 22.8 Å². The van der Waals surface area contributed by atoms with Gasteiger partial charge in [-0.05, 0) is 72.5 Å². The van der Waals surface area contributed by atoms with E-state index in [1.54, 1.807) is 0 Å². The molecule has 0 radical (unpaired) electrons. The zero-order chi connectivity index (χ0) is 30.0. The van der Waals surface area contributed by atoms with Crippen molar-refractivity contribution in [2.75, 3.05) is 0 Å². The molecule has 3 aromatic heterocycles. The lowest BCUT2D eigenvalue weighted by molar-refractivity contribution is 0.444. The van der Waals surface area contributed by atoms with E-state index < -0.39 is 0 Å². The SMILES string of the molecule is CC1(n2c3ccccc3c3ccccc32)C=CC=C(c2cncc(-c3cccc(-n4c5ccccc5c5ccccc54)c3)c2)C1. The van der Waals surface area contributed by atoms with Crippen LogP contribution in [-0.4, -0.2) is 14.1 Å². The average Bonchev–Trinajstić information content (AvgIpc) is 3.62. The number of para-hydroxylation sites is 4. The first-order valence-corrected chi connectivity index (χ1v) is 15.6. The Morgan fingerprint density at radius 1 is 0.556 bits per heavy atom. The molecule has 3 heterocycles. The highest BCUT2D eigenvalue weighted by Gasteiger charge is 2.30. The number of nitrogens with zero attached hydrogens (tertiary/aromatic N) is 3. The maximum Gasteiger partial charge on any atom is 0.0649 e. The highest BCUT2D eigenvalue weighted by Crippen LogP contribution is 2.42. The Balaban J connectivity index is 1.11. The van der Waals surface area contributed by atoms with Crippen molar-refractivity contribution in [1.82, 2.24) is 14.1 Å². The summed E-state index contributed by atoms with van der Waals surface area (Å²) in [6, 6.07) is 46.0. The Morgan fingerprint density at radius 3 is 1.76 bits per heavy atom. The predicted octanol–water partition coefficient (Wildman–Crippen LogP) is 10.7. The van der Waals surface area contributed by atoms with Gasteiger partial charge in [0, 0.05) is 56.2 Å². The number of hydrogen-bond acceptors (Lipinski definition) is 1. The lowest BCUT2D eigenvalue weighted by Gasteiger charge is -2.33. The molecule has 5 aromatic carbocycles. The van der Waals surface area contributed by atoms with Gasteiger partial charge in [-0.15, -0.1) is 0 Å². The molecule has 0 spiro atoms. The molecule has 0 aliphatic heterocycles. The molecule has 0 bridgehead atoms. The summed E-state index contributed by atoms with van der Waals surface area (Å²) in [4.78, 5) is 4.76. The number of aromatic nitrogens is 3. The number of hydrogen-bond donors (Lipinski definition) is 0. The fraction of sp³-hybridized carbons (Fsp3) is 0.0714. The van der Waals surface area contributed by atoms with Gasteiger partial charge in [0.05, 0.1) is 16.6 Å². The molecular weight excluding hydrogens is 546 g/mol. The van der Waals surface area contributed by atoms with Gasteiger partial charge in [-0.3, -0.25) is 4.98 Å². The minimum Gasteiger partial charge on any atom is -0.331 e. The zero-order valence-corrected chi connectivity index (χ0v) is 25.1. The Morgan fingerprint density at radius 2 is 1.11 bits per heavy atom. The maximum absolute atomic E-state index is 4.76. The van der Waals surface area contributed by atoms with Crippen LogP contribution in [0.25, 0.3) is 66.0 Å². The molecule has 1 aliphatic carbocycles. The van der Waals surface area contributed by atoms with Crippen LogP contribution in [0, 0.1) is 0 Å². The van der Waals surface area contributed by atoms with Crippen molar-refractivity contribution in [3.8, 4) is 16.8 Å². The van der Waals surface area contributed by atoms with Gasteiger partial charge >= 0.3 is 0 Å². The van der Waals surface area contributed by atoms with Crippen molar-refractivity contribution >= 4 is 49.2 Å². The standard InChI is InChI=1S/C42H31N3/c1-42(45-40-21-8-4-17-36(40)37-18-5-9-22-41(37)45)23-11-13-30(26-42)32-24-31(27-43-28-32)29-12-10-14-33(25-29)44-38-19-6-2-15-34(38)35-16-3-7-20-39(35)44/h2-25,27-28H,26H2,1H3. The summed E-state index contributed by atoms with van der Waals surface area (Å²) in [7, 11) is 0. The molecule has 1 atom stereocenters. The van der Waals surface area contributed by atoms with Crippen LogP contribution in [0.5, 0.6) is 0 Å². The van der Waals surface area contributed by atoms with E-state index in [1.165, 1.54) is 49.2 Å². The van der Waals surface area contributed by atoms with Crippen molar-refractivity contribution in [3.63, 3.8) is 0 Å². The summed E-state index contributed by atoms with van der Waals surface area (Å²) in [5.74, 6) is 0. The van der Waals surface area contributed by atoms with Crippen LogP contribution < -0.4 is 0 Å². The van der Waals surface area contributed by atoms with Crippen LogP contribution >= 0.6 is 0 Å². The molecular formula is C42H31N3. The van der Waals surface area contributed by atoms with E-state index in [4.69, 9.17) is 4.98 Å². The predicted molar refractivity (Wildman–Crippen MR) is 189 cm³/mol. The molecule has 8 aromatic rings. The third kappa shape index (κ3) is 4.01. The van der Waals surface area contributed by atoms with E-state index in [1.807, 2.05) is 12.4 Å². The van der Waals surface area contributed by atoms with Gasteiger partial charge in [0.2, 0.25) is 0 Å². The van der Waals surface area contributed by atoms with Gasteiger partial charge in [-0.25, -0.2) is 0 Å². The number of pyridine rings is 1. The largest absolute Gasteiger partial charge is 0.331 e. The Hall–Kier alpha value is -5.67. The quantitative estimate of drug-likeness (QED) is 0.204. The van der Waals surface area contributed by atoms with Crippen molar-refractivity contribution in [2.24, 2.45) is 0 Å². The summed E-state index contributed by atoms with van der Waals surface area (Å²) in [6.07, 6.45) is 11.7. The average molecular weight is 578 g/mol. The van der Waals surface area contributed by atoms with Crippen LogP contribution in [-0.2, 0) is 5.54 Å². The number of benzene rings is 5. The van der Waals surface area contributed by atoms with Gasteiger partial charge in [0.25, 0.3) is 0 Å². The van der Waals surface area contributed by atoms with E-state index in [2.05, 4.69) is 162 Å². The molecule has 9 rings (SSSR count). The molecule has 0 amide bonds. The third-order valence-electron chi connectivity index (χ3n) is 9.52. The van der Waals surface area contributed by atoms with Crippen LogP contribution in [0.15, 0.2) is 158 Å². The number of allylic oxidation sites excluding steroid dienone is 4. The molecule has 1 aliphatic rings.